The van der Waals surface area contributed by atoms with E-state index in [0.29, 0.717) is 33.7 Å². The summed E-state index contributed by atoms with van der Waals surface area (Å²) in [6.07, 6.45) is 1.58. The van der Waals surface area contributed by atoms with Crippen LogP contribution in [-0.4, -0.2) is 16.0 Å². The smallest absolute Gasteiger partial charge is 0.261 e. The van der Waals surface area contributed by atoms with E-state index in [1.54, 1.807) is 30.5 Å². The highest BCUT2D eigenvalue weighted by Gasteiger charge is 2.16. The largest absolute Gasteiger partial charge is 0.488 e. The average Bonchev–Trinajstić information content (AvgIpc) is 3.43. The Morgan fingerprint density at radius 1 is 1.21 bits per heavy atom. The number of aryl methyl sites for hydroxylation is 2. The molecule has 0 bridgehead atoms. The zero-order chi connectivity index (χ0) is 19.5. The molecule has 0 radical (unpaired) electrons. The molecular formula is C20H17N3O4S. The predicted octanol–water partition coefficient (Wildman–Crippen LogP) is 4.84. The molecule has 1 N–H and O–H groups in total. The molecule has 0 spiro atoms. The van der Waals surface area contributed by atoms with E-state index in [9.17, 15) is 4.79 Å². The monoisotopic (exact) mass is 395 g/mol. The number of carbonyl (C=O) groups is 1. The quantitative estimate of drug-likeness (QED) is 0.502. The topological polar surface area (TPSA) is 90.4 Å². The summed E-state index contributed by atoms with van der Waals surface area (Å²) in [6, 6.07) is 10.7. The molecule has 7 nitrogen and oxygen atoms in total. The van der Waals surface area contributed by atoms with Crippen molar-refractivity contribution in [2.24, 2.45) is 0 Å². The molecule has 4 aromatic rings. The lowest BCUT2D eigenvalue weighted by molar-refractivity contribution is 0.102. The SMILES string of the molecule is Cc1noc(C)c1COc1ccccc1C(=O)Nc1nc(-c2ccco2)cs1. The molecule has 0 saturated heterocycles. The van der Waals surface area contributed by atoms with Crippen molar-refractivity contribution in [3.05, 3.63) is 70.6 Å². The van der Waals surface area contributed by atoms with Crippen molar-refractivity contribution in [3.63, 3.8) is 0 Å². The summed E-state index contributed by atoms with van der Waals surface area (Å²) in [7, 11) is 0. The molecule has 0 aliphatic carbocycles. The molecule has 0 unspecified atom stereocenters. The fourth-order valence-corrected chi connectivity index (χ4v) is 3.37. The Morgan fingerprint density at radius 2 is 2.07 bits per heavy atom. The molecule has 0 atom stereocenters. The normalized spacial score (nSPS) is 10.8. The molecule has 0 aliphatic heterocycles. The summed E-state index contributed by atoms with van der Waals surface area (Å²) in [4.78, 5) is 17.1. The van der Waals surface area contributed by atoms with E-state index in [1.807, 2.05) is 31.4 Å². The second-order valence-corrected chi connectivity index (χ2v) is 6.91. The number of amides is 1. The van der Waals surface area contributed by atoms with Crippen LogP contribution in [-0.2, 0) is 6.61 Å². The fourth-order valence-electron chi connectivity index (χ4n) is 2.67. The van der Waals surface area contributed by atoms with Crippen LogP contribution in [0, 0.1) is 13.8 Å². The third kappa shape index (κ3) is 3.67. The van der Waals surface area contributed by atoms with Gasteiger partial charge in [-0.25, -0.2) is 4.98 Å². The second kappa shape index (κ2) is 7.69. The first-order chi connectivity index (χ1) is 13.6. The van der Waals surface area contributed by atoms with Gasteiger partial charge in [-0.3, -0.25) is 10.1 Å². The Balaban J connectivity index is 1.49. The third-order valence-corrected chi connectivity index (χ3v) is 4.94. The van der Waals surface area contributed by atoms with E-state index in [4.69, 9.17) is 13.7 Å². The summed E-state index contributed by atoms with van der Waals surface area (Å²) in [5, 5.41) is 9.04. The molecular weight excluding hydrogens is 378 g/mol. The van der Waals surface area contributed by atoms with Crippen LogP contribution in [0.5, 0.6) is 5.75 Å². The summed E-state index contributed by atoms with van der Waals surface area (Å²) in [5.41, 5.74) is 2.74. The van der Waals surface area contributed by atoms with Crippen LogP contribution >= 0.6 is 11.3 Å². The lowest BCUT2D eigenvalue weighted by atomic mass is 10.2. The first kappa shape index (κ1) is 18.0. The molecule has 3 aromatic heterocycles. The number of nitrogens with zero attached hydrogens (tertiary/aromatic N) is 2. The lowest BCUT2D eigenvalue weighted by Gasteiger charge is -2.10. The van der Waals surface area contributed by atoms with Crippen molar-refractivity contribution in [2.75, 3.05) is 5.32 Å². The molecule has 28 heavy (non-hydrogen) atoms. The number of furan rings is 1. The summed E-state index contributed by atoms with van der Waals surface area (Å²) in [6.45, 7) is 3.95. The van der Waals surface area contributed by atoms with Gasteiger partial charge in [0, 0.05) is 5.38 Å². The van der Waals surface area contributed by atoms with Crippen LogP contribution in [0.15, 0.2) is 57.0 Å². The van der Waals surface area contributed by atoms with Crippen LogP contribution in [0.4, 0.5) is 5.13 Å². The van der Waals surface area contributed by atoms with E-state index in [0.717, 1.165) is 11.3 Å². The van der Waals surface area contributed by atoms with Crippen LogP contribution in [0.25, 0.3) is 11.5 Å². The van der Waals surface area contributed by atoms with Gasteiger partial charge in [-0.1, -0.05) is 17.3 Å². The van der Waals surface area contributed by atoms with Crippen molar-refractivity contribution < 1.29 is 18.5 Å². The Morgan fingerprint density at radius 3 is 2.82 bits per heavy atom. The maximum absolute atomic E-state index is 12.7. The Labute approximate surface area is 165 Å². The van der Waals surface area contributed by atoms with Gasteiger partial charge < -0.3 is 13.7 Å². The van der Waals surface area contributed by atoms with Gasteiger partial charge in [-0.2, -0.15) is 0 Å². The number of hydrogen-bond acceptors (Lipinski definition) is 7. The minimum Gasteiger partial charge on any atom is -0.488 e. The van der Waals surface area contributed by atoms with Crippen LogP contribution < -0.4 is 10.1 Å². The highest BCUT2D eigenvalue weighted by Crippen LogP contribution is 2.27. The number of para-hydroxylation sites is 1. The van der Waals surface area contributed by atoms with Crippen LogP contribution in [0.3, 0.4) is 0 Å². The van der Waals surface area contributed by atoms with E-state index < -0.39 is 0 Å². The molecule has 1 amide bonds. The second-order valence-electron chi connectivity index (χ2n) is 6.06. The molecule has 0 aliphatic rings. The third-order valence-electron chi connectivity index (χ3n) is 4.18. The molecule has 0 saturated carbocycles. The zero-order valence-corrected chi connectivity index (χ0v) is 16.1. The van der Waals surface area contributed by atoms with Gasteiger partial charge >= 0.3 is 0 Å². The standard InChI is InChI=1S/C20H17N3O4S/c1-12-15(13(2)27-23-12)10-26-17-7-4-3-6-14(17)19(24)22-20-21-16(11-28-20)18-8-5-9-25-18/h3-9,11H,10H2,1-2H3,(H,21,22,24). The minimum absolute atomic E-state index is 0.269. The maximum atomic E-state index is 12.7. The van der Waals surface area contributed by atoms with Gasteiger partial charge in [0.15, 0.2) is 10.9 Å². The highest BCUT2D eigenvalue weighted by molar-refractivity contribution is 7.14. The number of carbonyl (C=O) groups excluding carboxylic acids is 1. The molecule has 8 heteroatoms. The molecule has 4 rings (SSSR count). The first-order valence-corrected chi connectivity index (χ1v) is 9.44. The minimum atomic E-state index is -0.297. The Kier molecular flexibility index (Phi) is 4.94. The number of aromatic nitrogens is 2. The maximum Gasteiger partial charge on any atom is 0.261 e. The summed E-state index contributed by atoms with van der Waals surface area (Å²) in [5.74, 6) is 1.53. The number of ether oxygens (including phenoxy) is 1. The zero-order valence-electron chi connectivity index (χ0n) is 15.3. The molecule has 1 aromatic carbocycles. The van der Waals surface area contributed by atoms with Crippen molar-refractivity contribution in [1.29, 1.82) is 0 Å². The molecule has 142 valence electrons. The van der Waals surface area contributed by atoms with Gasteiger partial charge in [0.05, 0.1) is 23.1 Å². The lowest BCUT2D eigenvalue weighted by Crippen LogP contribution is -2.13. The van der Waals surface area contributed by atoms with E-state index >= 15 is 0 Å². The van der Waals surface area contributed by atoms with Gasteiger partial charge in [-0.15, -0.1) is 11.3 Å². The van der Waals surface area contributed by atoms with E-state index in [2.05, 4.69) is 15.5 Å². The van der Waals surface area contributed by atoms with Gasteiger partial charge in [0.1, 0.15) is 23.8 Å². The van der Waals surface area contributed by atoms with Gasteiger partial charge in [-0.05, 0) is 38.1 Å². The van der Waals surface area contributed by atoms with Crippen molar-refractivity contribution in [2.45, 2.75) is 20.5 Å². The fraction of sp³-hybridized carbons (Fsp3) is 0.150. The van der Waals surface area contributed by atoms with Crippen molar-refractivity contribution in [3.8, 4) is 17.2 Å². The van der Waals surface area contributed by atoms with Crippen LogP contribution in [0.2, 0.25) is 0 Å². The Bertz CT molecular complexity index is 1080. The Hall–Kier alpha value is -3.39. The van der Waals surface area contributed by atoms with Crippen molar-refractivity contribution >= 4 is 22.4 Å². The first-order valence-electron chi connectivity index (χ1n) is 8.56. The average molecular weight is 395 g/mol. The van der Waals surface area contributed by atoms with Gasteiger partial charge in [0.25, 0.3) is 5.91 Å². The van der Waals surface area contributed by atoms with Crippen LogP contribution in [0.1, 0.15) is 27.4 Å². The predicted molar refractivity (Wildman–Crippen MR) is 105 cm³/mol. The number of rotatable bonds is 6. The number of benzene rings is 1. The molecule has 0 fully saturated rings. The van der Waals surface area contributed by atoms with E-state index in [-0.39, 0.29) is 12.5 Å². The highest BCUT2D eigenvalue weighted by atomic mass is 32.1. The van der Waals surface area contributed by atoms with Gasteiger partial charge in [0.2, 0.25) is 0 Å². The van der Waals surface area contributed by atoms with Crippen molar-refractivity contribution in [1.82, 2.24) is 10.1 Å². The number of hydrogen-bond donors (Lipinski definition) is 1. The van der Waals surface area contributed by atoms with E-state index in [1.165, 1.54) is 11.3 Å². The summed E-state index contributed by atoms with van der Waals surface area (Å²) >= 11 is 1.33. The number of anilines is 1. The number of nitrogens with one attached hydrogen (secondary N) is 1. The number of thiazole rings is 1. The summed E-state index contributed by atoms with van der Waals surface area (Å²) < 4.78 is 16.3. The molecule has 3 heterocycles.